The first-order chi connectivity index (χ1) is 9.19. The van der Waals surface area contributed by atoms with Crippen LogP contribution in [0.3, 0.4) is 0 Å². The van der Waals surface area contributed by atoms with E-state index in [4.69, 9.17) is 9.47 Å². The maximum atomic E-state index is 12.0. The Morgan fingerprint density at radius 3 is 2.47 bits per heavy atom. The van der Waals surface area contributed by atoms with E-state index in [1.807, 2.05) is 6.92 Å². The first kappa shape index (κ1) is 13.9. The third kappa shape index (κ3) is 3.96. The fourth-order valence-corrected chi connectivity index (χ4v) is 2.51. The van der Waals surface area contributed by atoms with Crippen LogP contribution in [0, 0.1) is 0 Å². The van der Waals surface area contributed by atoms with Gasteiger partial charge in [0.15, 0.2) is 0 Å². The number of esters is 1. The van der Waals surface area contributed by atoms with Gasteiger partial charge in [-0.1, -0.05) is 0 Å². The van der Waals surface area contributed by atoms with Crippen molar-refractivity contribution < 1.29 is 19.2 Å². The Labute approximate surface area is 114 Å². The lowest BCUT2D eigenvalue weighted by Gasteiger charge is -2.18. The Morgan fingerprint density at radius 2 is 1.89 bits per heavy atom. The minimum Gasteiger partial charge on any atom is -0.497 e. The van der Waals surface area contributed by atoms with Crippen LogP contribution in [0.1, 0.15) is 30.1 Å². The molecule has 1 N–H and O–H groups in total. The van der Waals surface area contributed by atoms with Crippen LogP contribution >= 0.6 is 0 Å². The molecule has 1 aliphatic rings. The van der Waals surface area contributed by atoms with Gasteiger partial charge >= 0.3 is 5.97 Å². The number of rotatable bonds is 5. The van der Waals surface area contributed by atoms with E-state index in [2.05, 4.69) is 0 Å². The average molecular weight is 264 g/mol. The summed E-state index contributed by atoms with van der Waals surface area (Å²) in [5, 5.41) is 0. The van der Waals surface area contributed by atoms with Crippen LogP contribution in [0.25, 0.3) is 0 Å². The van der Waals surface area contributed by atoms with E-state index >= 15 is 0 Å². The molecule has 0 unspecified atom stereocenters. The highest BCUT2D eigenvalue weighted by molar-refractivity contribution is 5.89. The van der Waals surface area contributed by atoms with Crippen molar-refractivity contribution in [2.75, 3.05) is 26.7 Å². The summed E-state index contributed by atoms with van der Waals surface area (Å²) < 4.78 is 10.5. The lowest BCUT2D eigenvalue weighted by molar-refractivity contribution is -0.890. The second-order valence-electron chi connectivity index (χ2n) is 5.11. The van der Waals surface area contributed by atoms with Crippen molar-refractivity contribution in [3.8, 4) is 5.75 Å². The monoisotopic (exact) mass is 264 g/mol. The highest BCUT2D eigenvalue weighted by Gasteiger charge is 2.21. The number of ether oxygens (including phenoxy) is 2. The van der Waals surface area contributed by atoms with E-state index in [1.165, 1.54) is 30.8 Å². The van der Waals surface area contributed by atoms with Gasteiger partial charge in [0, 0.05) is 12.8 Å². The summed E-state index contributed by atoms with van der Waals surface area (Å²) in [5.74, 6) is 0.486. The Balaban J connectivity index is 1.84. The number of likely N-dealkylation sites (tertiary alicyclic amines) is 1. The zero-order chi connectivity index (χ0) is 13.7. The predicted molar refractivity (Wildman–Crippen MR) is 72.7 cm³/mol. The quantitative estimate of drug-likeness (QED) is 0.804. The van der Waals surface area contributed by atoms with Crippen LogP contribution in [0.2, 0.25) is 0 Å². The molecule has 0 aromatic heterocycles. The number of nitrogens with one attached hydrogen (secondary N) is 1. The first-order valence-corrected chi connectivity index (χ1v) is 6.87. The molecular formula is C15H22NO3+. The number of methoxy groups -OCH3 is 1. The van der Waals surface area contributed by atoms with Crippen molar-refractivity contribution in [3.05, 3.63) is 29.8 Å². The maximum absolute atomic E-state index is 12.0. The number of carbonyl (C=O) groups excluding carboxylic acids is 1. The molecule has 4 nitrogen and oxygen atoms in total. The lowest BCUT2D eigenvalue weighted by atomic mass is 10.2. The second-order valence-corrected chi connectivity index (χ2v) is 5.11. The zero-order valence-electron chi connectivity index (χ0n) is 11.6. The first-order valence-electron chi connectivity index (χ1n) is 6.87. The van der Waals surface area contributed by atoms with Crippen LogP contribution in [0.4, 0.5) is 0 Å². The van der Waals surface area contributed by atoms with Gasteiger partial charge in [-0.2, -0.15) is 0 Å². The van der Waals surface area contributed by atoms with Crippen LogP contribution in [-0.4, -0.2) is 38.8 Å². The van der Waals surface area contributed by atoms with E-state index < -0.39 is 0 Å². The molecule has 1 atom stereocenters. The van der Waals surface area contributed by atoms with E-state index in [0.717, 1.165) is 12.3 Å². The number of hydrogen-bond donors (Lipinski definition) is 1. The van der Waals surface area contributed by atoms with Crippen LogP contribution in [-0.2, 0) is 4.74 Å². The molecule has 0 bridgehead atoms. The highest BCUT2D eigenvalue weighted by Crippen LogP contribution is 2.12. The fourth-order valence-electron chi connectivity index (χ4n) is 2.51. The van der Waals surface area contributed by atoms with Crippen LogP contribution in [0.15, 0.2) is 24.3 Å². The van der Waals surface area contributed by atoms with Gasteiger partial charge in [0.2, 0.25) is 0 Å². The molecule has 1 aromatic carbocycles. The number of hydrogen-bond acceptors (Lipinski definition) is 3. The summed E-state index contributed by atoms with van der Waals surface area (Å²) in [6.45, 7) is 5.27. The summed E-state index contributed by atoms with van der Waals surface area (Å²) >= 11 is 0. The largest absolute Gasteiger partial charge is 0.497 e. The molecule has 104 valence electrons. The summed E-state index contributed by atoms with van der Waals surface area (Å²) in [5.41, 5.74) is 0.573. The molecule has 0 spiro atoms. The minimum absolute atomic E-state index is 0.0392. The van der Waals surface area contributed by atoms with Gasteiger partial charge in [-0.15, -0.1) is 0 Å². The molecule has 19 heavy (non-hydrogen) atoms. The van der Waals surface area contributed by atoms with Gasteiger partial charge in [-0.25, -0.2) is 4.79 Å². The molecule has 4 heteroatoms. The van der Waals surface area contributed by atoms with Gasteiger partial charge in [0.05, 0.1) is 25.8 Å². The molecule has 1 aromatic rings. The SMILES string of the molecule is COc1ccc(C(=O)O[C@@H](C)C[NH+]2CCCC2)cc1. The maximum Gasteiger partial charge on any atom is 0.338 e. The molecule has 1 saturated heterocycles. The Morgan fingerprint density at radius 1 is 1.26 bits per heavy atom. The molecule has 0 amide bonds. The second kappa shape index (κ2) is 6.57. The summed E-state index contributed by atoms with van der Waals surface area (Å²) in [4.78, 5) is 13.5. The Hall–Kier alpha value is -1.55. The number of carbonyl (C=O) groups is 1. The van der Waals surface area contributed by atoms with Crippen molar-refractivity contribution in [1.82, 2.24) is 0 Å². The predicted octanol–water partition coefficient (Wildman–Crippen LogP) is 0.919. The van der Waals surface area contributed by atoms with Crippen molar-refractivity contribution in [2.45, 2.75) is 25.9 Å². The van der Waals surface area contributed by atoms with E-state index in [9.17, 15) is 4.79 Å². The molecule has 1 fully saturated rings. The van der Waals surface area contributed by atoms with E-state index in [-0.39, 0.29) is 12.1 Å². The fraction of sp³-hybridized carbons (Fsp3) is 0.533. The van der Waals surface area contributed by atoms with Crippen LogP contribution in [0.5, 0.6) is 5.75 Å². The molecule has 1 aliphatic heterocycles. The summed E-state index contributed by atoms with van der Waals surface area (Å²) in [6.07, 6.45) is 2.53. The number of benzene rings is 1. The van der Waals surface area contributed by atoms with Crippen molar-refractivity contribution in [2.24, 2.45) is 0 Å². The van der Waals surface area contributed by atoms with Gasteiger partial charge in [-0.05, 0) is 31.2 Å². The molecule has 0 aliphatic carbocycles. The van der Waals surface area contributed by atoms with Gasteiger partial charge in [-0.3, -0.25) is 0 Å². The smallest absolute Gasteiger partial charge is 0.338 e. The Bertz CT molecular complexity index is 410. The van der Waals surface area contributed by atoms with Gasteiger partial charge < -0.3 is 14.4 Å². The van der Waals surface area contributed by atoms with Gasteiger partial charge in [0.1, 0.15) is 18.4 Å². The summed E-state index contributed by atoms with van der Waals surface area (Å²) in [7, 11) is 1.61. The third-order valence-corrected chi connectivity index (χ3v) is 3.52. The highest BCUT2D eigenvalue weighted by atomic mass is 16.5. The topological polar surface area (TPSA) is 40.0 Å². The van der Waals surface area contributed by atoms with Crippen molar-refractivity contribution >= 4 is 5.97 Å². The summed E-state index contributed by atoms with van der Waals surface area (Å²) in [6, 6.07) is 7.01. The molecular weight excluding hydrogens is 242 g/mol. The van der Waals surface area contributed by atoms with Gasteiger partial charge in [0.25, 0.3) is 0 Å². The van der Waals surface area contributed by atoms with Crippen molar-refractivity contribution in [1.29, 1.82) is 0 Å². The molecule has 1 heterocycles. The molecule has 2 rings (SSSR count). The number of quaternary nitrogens is 1. The zero-order valence-corrected chi connectivity index (χ0v) is 11.6. The van der Waals surface area contributed by atoms with Crippen LogP contribution < -0.4 is 9.64 Å². The van der Waals surface area contributed by atoms with E-state index in [1.54, 1.807) is 31.4 Å². The molecule has 0 radical (unpaired) electrons. The Kier molecular flexibility index (Phi) is 4.80. The average Bonchev–Trinajstić information content (AvgIpc) is 2.91. The minimum atomic E-state index is -0.256. The third-order valence-electron chi connectivity index (χ3n) is 3.52. The lowest BCUT2D eigenvalue weighted by Crippen LogP contribution is -3.11. The van der Waals surface area contributed by atoms with Crippen molar-refractivity contribution in [3.63, 3.8) is 0 Å². The standard InChI is InChI=1S/C15H21NO3/c1-12(11-16-9-3-4-10-16)19-15(17)13-5-7-14(18-2)8-6-13/h5-8,12H,3-4,9-11H2,1-2H3/p+1/t12-/m0/s1. The molecule has 0 saturated carbocycles. The van der Waals surface area contributed by atoms with E-state index in [0.29, 0.717) is 5.56 Å². The normalized spacial score (nSPS) is 17.2.